The first-order valence-corrected chi connectivity index (χ1v) is 12.8. The third-order valence-corrected chi connectivity index (χ3v) is 7.21. The highest BCUT2D eigenvalue weighted by Gasteiger charge is 2.56. The number of rotatable bonds is 7. The zero-order chi connectivity index (χ0) is 27.4. The Hall–Kier alpha value is -3.97. The molecule has 0 spiro atoms. The van der Waals surface area contributed by atoms with E-state index in [9.17, 15) is 19.5 Å². The van der Waals surface area contributed by atoms with E-state index in [1.54, 1.807) is 42.5 Å². The number of anilines is 2. The van der Waals surface area contributed by atoms with Crippen LogP contribution in [-0.4, -0.2) is 34.9 Å². The lowest BCUT2D eigenvalue weighted by Crippen LogP contribution is -2.56. The molecule has 0 saturated heterocycles. The summed E-state index contributed by atoms with van der Waals surface area (Å²) in [6.45, 7) is 7.59. The highest BCUT2D eigenvalue weighted by molar-refractivity contribution is 6.10. The molecule has 0 radical (unpaired) electrons. The van der Waals surface area contributed by atoms with Crippen molar-refractivity contribution in [2.45, 2.75) is 45.6 Å². The SMILES string of the molecule is CCOc1ccc(C2C(C(=O)Nc3ccccc3C)C(=O)CC(C)(O)C2C(=O)Nc2ccccc2C)cc1. The van der Waals surface area contributed by atoms with Crippen molar-refractivity contribution in [3.05, 3.63) is 89.5 Å². The summed E-state index contributed by atoms with van der Waals surface area (Å²) >= 11 is 0. The Morgan fingerprint density at radius 3 is 1.95 bits per heavy atom. The fourth-order valence-electron chi connectivity index (χ4n) is 5.29. The predicted octanol–water partition coefficient (Wildman–Crippen LogP) is 5.02. The number of benzene rings is 3. The summed E-state index contributed by atoms with van der Waals surface area (Å²) in [5.41, 5.74) is 1.83. The fourth-order valence-corrected chi connectivity index (χ4v) is 5.29. The maximum atomic E-state index is 13.8. The van der Waals surface area contributed by atoms with E-state index in [1.807, 2.05) is 51.1 Å². The van der Waals surface area contributed by atoms with Gasteiger partial charge in [-0.1, -0.05) is 48.5 Å². The molecule has 38 heavy (non-hydrogen) atoms. The van der Waals surface area contributed by atoms with Crippen molar-refractivity contribution < 1.29 is 24.2 Å². The van der Waals surface area contributed by atoms with Crippen LogP contribution in [0.25, 0.3) is 0 Å². The van der Waals surface area contributed by atoms with Crippen LogP contribution in [0.1, 0.15) is 42.9 Å². The summed E-state index contributed by atoms with van der Waals surface area (Å²) in [5, 5.41) is 17.3. The van der Waals surface area contributed by atoms with Crippen LogP contribution in [0.3, 0.4) is 0 Å². The number of aliphatic hydroxyl groups is 1. The van der Waals surface area contributed by atoms with E-state index in [0.717, 1.165) is 11.1 Å². The van der Waals surface area contributed by atoms with Gasteiger partial charge in [-0.2, -0.15) is 0 Å². The quantitative estimate of drug-likeness (QED) is 0.384. The van der Waals surface area contributed by atoms with Crippen molar-refractivity contribution >= 4 is 29.0 Å². The number of carbonyl (C=O) groups is 3. The molecule has 3 N–H and O–H groups in total. The lowest BCUT2D eigenvalue weighted by molar-refractivity contribution is -0.150. The van der Waals surface area contributed by atoms with Gasteiger partial charge in [0.15, 0.2) is 0 Å². The number of amides is 2. The largest absolute Gasteiger partial charge is 0.494 e. The average molecular weight is 515 g/mol. The average Bonchev–Trinajstić information content (AvgIpc) is 2.86. The molecule has 1 saturated carbocycles. The van der Waals surface area contributed by atoms with Crippen molar-refractivity contribution in [3.8, 4) is 5.75 Å². The lowest BCUT2D eigenvalue weighted by atomic mass is 9.61. The van der Waals surface area contributed by atoms with Gasteiger partial charge in [0.2, 0.25) is 11.8 Å². The normalized spacial score (nSPS) is 23.0. The van der Waals surface area contributed by atoms with E-state index in [4.69, 9.17) is 4.74 Å². The van der Waals surface area contributed by atoms with Gasteiger partial charge in [-0.3, -0.25) is 14.4 Å². The van der Waals surface area contributed by atoms with Gasteiger partial charge in [-0.15, -0.1) is 0 Å². The fraction of sp³-hybridized carbons (Fsp3) is 0.323. The van der Waals surface area contributed by atoms with Crippen molar-refractivity contribution in [2.75, 3.05) is 17.2 Å². The van der Waals surface area contributed by atoms with Crippen LogP contribution in [0.2, 0.25) is 0 Å². The van der Waals surface area contributed by atoms with Gasteiger partial charge in [-0.25, -0.2) is 0 Å². The molecule has 1 aliphatic carbocycles. The van der Waals surface area contributed by atoms with Gasteiger partial charge >= 0.3 is 0 Å². The standard InChI is InChI=1S/C31H34N2O5/c1-5-38-22-16-14-21(15-17-22)26-27(29(35)32-23-12-8-6-10-19(23)2)25(34)18-31(4,37)28(26)30(36)33-24-13-9-7-11-20(24)3/h6-17,26-28,37H,5,18H2,1-4H3,(H,32,35)(H,33,36). The molecule has 0 aromatic heterocycles. The van der Waals surface area contributed by atoms with Crippen LogP contribution in [-0.2, 0) is 14.4 Å². The number of hydrogen-bond acceptors (Lipinski definition) is 5. The number of aryl methyl sites for hydroxylation is 2. The summed E-state index contributed by atoms with van der Waals surface area (Å²) in [5.74, 6) is -3.91. The first kappa shape index (κ1) is 27.1. The van der Waals surface area contributed by atoms with Gasteiger partial charge in [0.05, 0.1) is 18.1 Å². The second-order valence-electron chi connectivity index (χ2n) is 10.1. The topological polar surface area (TPSA) is 105 Å². The number of ketones is 1. The molecular weight excluding hydrogens is 480 g/mol. The number of hydrogen-bond donors (Lipinski definition) is 3. The van der Waals surface area contributed by atoms with Crippen LogP contribution in [0.5, 0.6) is 5.75 Å². The molecule has 1 aliphatic rings. The molecule has 7 nitrogen and oxygen atoms in total. The molecule has 4 rings (SSSR count). The molecular formula is C31H34N2O5. The Morgan fingerprint density at radius 2 is 1.42 bits per heavy atom. The van der Waals surface area contributed by atoms with Crippen molar-refractivity contribution in [2.24, 2.45) is 11.8 Å². The zero-order valence-corrected chi connectivity index (χ0v) is 22.2. The molecule has 1 fully saturated rings. The smallest absolute Gasteiger partial charge is 0.235 e. The summed E-state index contributed by atoms with van der Waals surface area (Å²) in [6.07, 6.45) is -0.321. The number of para-hydroxylation sites is 2. The van der Waals surface area contributed by atoms with E-state index >= 15 is 0 Å². The van der Waals surface area contributed by atoms with Crippen molar-refractivity contribution in [3.63, 3.8) is 0 Å². The minimum atomic E-state index is -1.67. The molecule has 3 aromatic rings. The molecule has 3 aromatic carbocycles. The third-order valence-electron chi connectivity index (χ3n) is 7.21. The molecule has 7 heteroatoms. The second-order valence-corrected chi connectivity index (χ2v) is 10.1. The Balaban J connectivity index is 1.78. The first-order valence-electron chi connectivity index (χ1n) is 12.8. The van der Waals surface area contributed by atoms with Gasteiger partial charge in [-0.05, 0) is 68.7 Å². The Bertz CT molecular complexity index is 1330. The number of Topliss-reactive ketones (excluding diaryl/α,β-unsaturated/α-hetero) is 1. The van der Waals surface area contributed by atoms with Crippen LogP contribution < -0.4 is 15.4 Å². The first-order chi connectivity index (χ1) is 18.1. The molecule has 198 valence electrons. The second kappa shape index (κ2) is 11.2. The van der Waals surface area contributed by atoms with E-state index < -0.39 is 41.0 Å². The number of nitrogens with one attached hydrogen (secondary N) is 2. The van der Waals surface area contributed by atoms with Crippen LogP contribution in [0.15, 0.2) is 72.8 Å². The highest BCUT2D eigenvalue weighted by Crippen LogP contribution is 2.47. The van der Waals surface area contributed by atoms with E-state index in [0.29, 0.717) is 29.3 Å². The van der Waals surface area contributed by atoms with E-state index in [-0.39, 0.29) is 6.42 Å². The minimum Gasteiger partial charge on any atom is -0.494 e. The molecule has 2 amide bonds. The van der Waals surface area contributed by atoms with Crippen molar-refractivity contribution in [1.29, 1.82) is 0 Å². The molecule has 0 aliphatic heterocycles. The molecule has 4 unspecified atom stereocenters. The Morgan fingerprint density at radius 1 is 0.895 bits per heavy atom. The number of ether oxygens (including phenoxy) is 1. The van der Waals surface area contributed by atoms with Gasteiger partial charge in [0.1, 0.15) is 17.5 Å². The minimum absolute atomic E-state index is 0.321. The maximum Gasteiger partial charge on any atom is 0.235 e. The Labute approximate surface area is 223 Å². The Kier molecular flexibility index (Phi) is 7.97. The molecule has 0 bridgehead atoms. The lowest BCUT2D eigenvalue weighted by Gasteiger charge is -2.44. The third kappa shape index (κ3) is 5.63. The highest BCUT2D eigenvalue weighted by atomic mass is 16.5. The van der Waals surface area contributed by atoms with Gasteiger partial charge in [0, 0.05) is 23.7 Å². The summed E-state index contributed by atoms with van der Waals surface area (Å²) in [4.78, 5) is 41.0. The maximum absolute atomic E-state index is 13.8. The predicted molar refractivity (Wildman–Crippen MR) is 147 cm³/mol. The monoisotopic (exact) mass is 514 g/mol. The number of carbonyl (C=O) groups excluding carboxylic acids is 3. The molecule has 0 heterocycles. The van der Waals surface area contributed by atoms with E-state index in [1.165, 1.54) is 6.92 Å². The zero-order valence-electron chi connectivity index (χ0n) is 22.2. The van der Waals surface area contributed by atoms with Gasteiger partial charge < -0.3 is 20.5 Å². The van der Waals surface area contributed by atoms with E-state index in [2.05, 4.69) is 10.6 Å². The summed E-state index contributed by atoms with van der Waals surface area (Å²) < 4.78 is 5.57. The summed E-state index contributed by atoms with van der Waals surface area (Å²) in [6, 6.07) is 21.7. The van der Waals surface area contributed by atoms with Crippen LogP contribution in [0, 0.1) is 25.7 Å². The molecule has 4 atom stereocenters. The summed E-state index contributed by atoms with van der Waals surface area (Å²) in [7, 11) is 0. The van der Waals surface area contributed by atoms with Crippen LogP contribution >= 0.6 is 0 Å². The van der Waals surface area contributed by atoms with Crippen molar-refractivity contribution in [1.82, 2.24) is 0 Å². The van der Waals surface area contributed by atoms with Gasteiger partial charge in [0.25, 0.3) is 0 Å². The van der Waals surface area contributed by atoms with Crippen LogP contribution in [0.4, 0.5) is 11.4 Å².